The Bertz CT molecular complexity index is 869. The predicted molar refractivity (Wildman–Crippen MR) is 104 cm³/mol. The Morgan fingerprint density at radius 1 is 1.33 bits per heavy atom. The van der Waals surface area contributed by atoms with E-state index >= 15 is 0 Å². The van der Waals surface area contributed by atoms with Gasteiger partial charge in [0, 0.05) is 31.4 Å². The maximum atomic E-state index is 12.2. The van der Waals surface area contributed by atoms with Gasteiger partial charge >= 0.3 is 20.3 Å². The average molecular weight is 443 g/mol. The fraction of sp³-hybridized carbons (Fsp3) is 0.722. The number of carbonyl (C=O) groups excluding carboxylic acids is 1. The van der Waals surface area contributed by atoms with Crippen LogP contribution in [-0.4, -0.2) is 53.6 Å². The third kappa shape index (κ3) is 5.04. The zero-order valence-corrected chi connectivity index (χ0v) is 17.5. The van der Waals surface area contributed by atoms with Gasteiger partial charge in [-0.15, -0.1) is 0 Å². The molecule has 11 nitrogen and oxygen atoms in total. The lowest BCUT2D eigenvalue weighted by atomic mass is 9.82. The van der Waals surface area contributed by atoms with Gasteiger partial charge in [-0.3, -0.25) is 23.7 Å². The number of nitrogens with two attached hydrogens (primary N) is 1. The van der Waals surface area contributed by atoms with Crippen molar-refractivity contribution in [1.29, 1.82) is 0 Å². The summed E-state index contributed by atoms with van der Waals surface area (Å²) in [4.78, 5) is 37.3. The minimum atomic E-state index is -0.992. The first-order chi connectivity index (χ1) is 14.3. The number of ether oxygens (including phenoxy) is 3. The lowest BCUT2D eigenvalue weighted by molar-refractivity contribution is -0.141. The van der Waals surface area contributed by atoms with Crippen LogP contribution in [0.5, 0.6) is 0 Å². The molecule has 2 saturated heterocycles. The van der Waals surface area contributed by atoms with Crippen LogP contribution in [0.1, 0.15) is 32.4 Å². The lowest BCUT2D eigenvalue weighted by Gasteiger charge is -2.31. The van der Waals surface area contributed by atoms with Crippen molar-refractivity contribution in [2.45, 2.75) is 44.1 Å². The SMILES string of the molecule is C[C@@]1(N)[C@H](CCOCCC2CCOC2=O)[C@@H](COP=O)O[C@H]1n1ccc(=O)[nH]c1=O. The summed E-state index contributed by atoms with van der Waals surface area (Å²) in [6.07, 6.45) is 1.76. The molecular formula is C18H26N3O8P. The number of nitrogens with zero attached hydrogens (tertiary/aromatic N) is 1. The van der Waals surface area contributed by atoms with Crippen LogP contribution < -0.4 is 17.0 Å². The maximum Gasteiger partial charge on any atom is 0.330 e. The molecule has 12 heteroatoms. The molecule has 2 aliphatic heterocycles. The van der Waals surface area contributed by atoms with Crippen molar-refractivity contribution in [3.8, 4) is 0 Å². The highest BCUT2D eigenvalue weighted by atomic mass is 31.1. The normalized spacial score (nSPS) is 31.3. The van der Waals surface area contributed by atoms with E-state index in [1.54, 1.807) is 6.92 Å². The van der Waals surface area contributed by atoms with Gasteiger partial charge in [-0.2, -0.15) is 0 Å². The fourth-order valence-electron chi connectivity index (χ4n) is 4.06. The largest absolute Gasteiger partial charge is 0.465 e. The number of cyclic esters (lactones) is 1. The second-order valence-corrected chi connectivity index (χ2v) is 8.14. The standard InChI is InChI=1S/C18H26N3O8P/c1-18(19)12(5-8-26-7-3-11-4-9-27-15(11)23)13(10-28-30-25)29-16(18)21-6-2-14(22)20-17(21)24/h2,6,11-13,16H,3-5,7-10,19H2,1H3,(H,20,22,24)/t11?,12-,13-,16-,18-/m1/s1. The van der Waals surface area contributed by atoms with E-state index in [9.17, 15) is 18.9 Å². The van der Waals surface area contributed by atoms with Crippen LogP contribution in [0, 0.1) is 11.8 Å². The van der Waals surface area contributed by atoms with Crippen molar-refractivity contribution < 1.29 is 28.1 Å². The van der Waals surface area contributed by atoms with Gasteiger partial charge in [0.05, 0.1) is 30.8 Å². The summed E-state index contributed by atoms with van der Waals surface area (Å²) in [6.45, 7) is 3.01. The van der Waals surface area contributed by atoms with E-state index in [1.165, 1.54) is 16.8 Å². The Kier molecular flexibility index (Phi) is 7.54. The van der Waals surface area contributed by atoms with E-state index in [1.807, 2.05) is 0 Å². The van der Waals surface area contributed by atoms with E-state index in [0.29, 0.717) is 39.1 Å². The summed E-state index contributed by atoms with van der Waals surface area (Å²) in [6, 6.07) is 1.22. The van der Waals surface area contributed by atoms with Crippen LogP contribution in [0.2, 0.25) is 0 Å². The first kappa shape index (κ1) is 22.8. The molecule has 0 amide bonds. The molecule has 30 heavy (non-hydrogen) atoms. The lowest BCUT2D eigenvalue weighted by Crippen LogP contribution is -2.51. The van der Waals surface area contributed by atoms with Gasteiger partial charge in [-0.05, 0) is 26.2 Å². The first-order valence-corrected chi connectivity index (χ1v) is 10.5. The Morgan fingerprint density at radius 3 is 2.77 bits per heavy atom. The van der Waals surface area contributed by atoms with Gasteiger partial charge in [0.2, 0.25) is 0 Å². The molecule has 3 N–H and O–H groups in total. The molecule has 2 aliphatic rings. The van der Waals surface area contributed by atoms with Crippen LogP contribution in [0.25, 0.3) is 0 Å². The summed E-state index contributed by atoms with van der Waals surface area (Å²) >= 11 is 0. The molecule has 3 rings (SSSR count). The van der Waals surface area contributed by atoms with Crippen molar-refractivity contribution in [3.63, 3.8) is 0 Å². The number of aromatic amines is 1. The smallest absolute Gasteiger partial charge is 0.330 e. The molecule has 1 aromatic heterocycles. The van der Waals surface area contributed by atoms with Crippen LogP contribution in [0.3, 0.4) is 0 Å². The number of rotatable bonds is 10. The predicted octanol–water partition coefficient (Wildman–Crippen LogP) is 0.351. The van der Waals surface area contributed by atoms with E-state index in [-0.39, 0.29) is 24.4 Å². The molecule has 0 spiro atoms. The summed E-state index contributed by atoms with van der Waals surface area (Å²) in [5.41, 5.74) is 4.43. The van der Waals surface area contributed by atoms with Crippen LogP contribution >= 0.6 is 8.69 Å². The van der Waals surface area contributed by atoms with Crippen molar-refractivity contribution in [1.82, 2.24) is 9.55 Å². The number of hydrogen-bond donors (Lipinski definition) is 2. The highest BCUT2D eigenvalue weighted by Crippen LogP contribution is 2.42. The molecule has 0 radical (unpaired) electrons. The number of carbonyl (C=O) groups is 1. The second-order valence-electron chi connectivity index (χ2n) is 7.73. The molecule has 0 saturated carbocycles. The quantitative estimate of drug-likeness (QED) is 0.296. The Balaban J connectivity index is 1.64. The first-order valence-electron chi connectivity index (χ1n) is 9.79. The number of aromatic nitrogens is 2. The molecule has 2 fully saturated rings. The van der Waals surface area contributed by atoms with E-state index < -0.39 is 37.8 Å². The van der Waals surface area contributed by atoms with Gasteiger partial charge in [-0.25, -0.2) is 9.36 Å². The summed E-state index contributed by atoms with van der Waals surface area (Å²) in [5.74, 6) is -0.576. The van der Waals surface area contributed by atoms with Gasteiger partial charge in [0.25, 0.3) is 5.56 Å². The molecular weight excluding hydrogens is 417 g/mol. The molecule has 3 heterocycles. The van der Waals surface area contributed by atoms with Gasteiger partial charge in [0.1, 0.15) is 0 Å². The number of H-pyrrole nitrogens is 1. The zero-order chi connectivity index (χ0) is 21.7. The molecule has 166 valence electrons. The van der Waals surface area contributed by atoms with Crippen molar-refractivity contribution in [2.75, 3.05) is 26.4 Å². The second kappa shape index (κ2) is 9.93. The van der Waals surface area contributed by atoms with Gasteiger partial charge in [-0.1, -0.05) is 0 Å². The molecule has 0 bridgehead atoms. The van der Waals surface area contributed by atoms with Crippen molar-refractivity contribution >= 4 is 14.7 Å². The zero-order valence-electron chi connectivity index (χ0n) is 16.7. The highest BCUT2D eigenvalue weighted by molar-refractivity contribution is 7.17. The molecule has 1 unspecified atom stereocenters. The van der Waals surface area contributed by atoms with Gasteiger partial charge < -0.3 is 19.9 Å². The van der Waals surface area contributed by atoms with Crippen LogP contribution in [0.4, 0.5) is 0 Å². The number of esters is 1. The molecule has 1 aromatic rings. The monoisotopic (exact) mass is 443 g/mol. The minimum absolute atomic E-state index is 0.0189. The third-order valence-corrected chi connectivity index (χ3v) is 5.96. The Hall–Kier alpha value is -1.91. The summed E-state index contributed by atoms with van der Waals surface area (Å²) < 4.78 is 33.6. The number of nitrogens with one attached hydrogen (secondary N) is 1. The average Bonchev–Trinajstić information content (AvgIpc) is 3.20. The molecule has 5 atom stereocenters. The topological polar surface area (TPSA) is 152 Å². The van der Waals surface area contributed by atoms with Crippen LogP contribution in [-0.2, 0) is 28.1 Å². The molecule has 0 aromatic carbocycles. The van der Waals surface area contributed by atoms with E-state index in [2.05, 4.69) is 4.98 Å². The van der Waals surface area contributed by atoms with Gasteiger partial charge in [0.15, 0.2) is 6.23 Å². The summed E-state index contributed by atoms with van der Waals surface area (Å²) in [5, 5.41) is 0. The minimum Gasteiger partial charge on any atom is -0.465 e. The van der Waals surface area contributed by atoms with Crippen molar-refractivity contribution in [2.24, 2.45) is 17.6 Å². The highest BCUT2D eigenvalue weighted by Gasteiger charge is 2.52. The van der Waals surface area contributed by atoms with Crippen LogP contribution in [0.15, 0.2) is 21.9 Å². The Labute approximate surface area is 174 Å². The van der Waals surface area contributed by atoms with E-state index in [4.69, 9.17) is 24.5 Å². The summed E-state index contributed by atoms with van der Waals surface area (Å²) in [7, 11) is -0.486. The van der Waals surface area contributed by atoms with Crippen molar-refractivity contribution in [3.05, 3.63) is 33.1 Å². The molecule has 0 aliphatic carbocycles. The Morgan fingerprint density at radius 2 is 2.10 bits per heavy atom. The maximum absolute atomic E-state index is 12.2. The number of hydrogen-bond acceptors (Lipinski definition) is 9. The fourth-order valence-corrected chi connectivity index (χ4v) is 4.27. The van der Waals surface area contributed by atoms with E-state index in [0.717, 1.165) is 0 Å². The third-order valence-electron chi connectivity index (χ3n) is 5.71.